The third-order valence-electron chi connectivity index (χ3n) is 6.93. The van der Waals surface area contributed by atoms with Gasteiger partial charge in [0.15, 0.2) is 5.82 Å². The van der Waals surface area contributed by atoms with E-state index >= 15 is 4.39 Å². The highest BCUT2D eigenvalue weighted by atomic mass is 32.1. The van der Waals surface area contributed by atoms with Gasteiger partial charge in [-0.2, -0.15) is 9.97 Å². The molecule has 188 valence electrons. The lowest BCUT2D eigenvalue weighted by Crippen LogP contribution is -2.48. The number of thiophene rings is 1. The fraction of sp³-hybridized carbons (Fsp3) is 0.333. The summed E-state index contributed by atoms with van der Waals surface area (Å²) < 4.78 is 63.9. The molecule has 2 aliphatic rings. The zero-order valence-electron chi connectivity index (χ0n) is 19.2. The molecule has 2 aromatic carbocycles. The summed E-state index contributed by atoms with van der Waals surface area (Å²) >= 11 is 1.10. The predicted octanol–water partition coefficient (Wildman–Crippen LogP) is 4.53. The van der Waals surface area contributed by atoms with Gasteiger partial charge in [-0.1, -0.05) is 6.07 Å². The number of halogens is 4. The standard InChI is InChI=1S/C24H21F4N5O2S/c1-8(34)13-6-30-19-10-5-11-16-9(3-4-12(25)21(16)36-22(11)29)15(10)18(28)20-17(19)23(32-24(31-20)35-2)33(13)7-14(26)27/h3-4,8,13-14,30,34H,5-7,29H2,1-2H3. The molecule has 0 saturated heterocycles. The number of nitrogen functional groups attached to an aromatic ring is 1. The Morgan fingerprint density at radius 3 is 2.72 bits per heavy atom. The number of methoxy groups -OCH3 is 1. The lowest BCUT2D eigenvalue weighted by Gasteiger charge is -2.33. The molecule has 0 bridgehead atoms. The summed E-state index contributed by atoms with van der Waals surface area (Å²) in [7, 11) is 1.30. The largest absolute Gasteiger partial charge is 0.467 e. The second kappa shape index (κ2) is 8.07. The van der Waals surface area contributed by atoms with Crippen LogP contribution in [-0.2, 0) is 6.42 Å². The average Bonchev–Trinajstić information content (AvgIpc) is 3.09. The Kier molecular flexibility index (Phi) is 5.16. The van der Waals surface area contributed by atoms with Crippen LogP contribution in [0.15, 0.2) is 12.1 Å². The van der Waals surface area contributed by atoms with Crippen LogP contribution in [0.25, 0.3) is 32.1 Å². The topological polar surface area (TPSA) is 96.5 Å². The second-order valence-corrected chi connectivity index (χ2v) is 10.0. The third kappa shape index (κ3) is 3.13. The van der Waals surface area contributed by atoms with Crippen LogP contribution in [0.2, 0.25) is 0 Å². The highest BCUT2D eigenvalue weighted by molar-refractivity contribution is 7.23. The molecule has 0 radical (unpaired) electrons. The molecule has 6 rings (SSSR count). The minimum Gasteiger partial charge on any atom is -0.467 e. The molecular formula is C24H21F4N5O2S. The van der Waals surface area contributed by atoms with Crippen LogP contribution in [0.5, 0.6) is 6.01 Å². The molecule has 0 spiro atoms. The number of nitrogens with one attached hydrogen (secondary N) is 1. The normalized spacial score (nSPS) is 17.3. The van der Waals surface area contributed by atoms with Crippen molar-refractivity contribution in [2.45, 2.75) is 31.9 Å². The van der Waals surface area contributed by atoms with Gasteiger partial charge >= 0.3 is 6.01 Å². The number of aliphatic hydroxyl groups is 1. The van der Waals surface area contributed by atoms with Gasteiger partial charge in [0.05, 0.1) is 46.6 Å². The van der Waals surface area contributed by atoms with E-state index in [1.54, 1.807) is 0 Å². The molecule has 2 aromatic heterocycles. The van der Waals surface area contributed by atoms with Crippen LogP contribution in [0.1, 0.15) is 18.1 Å². The third-order valence-corrected chi connectivity index (χ3v) is 8.00. The van der Waals surface area contributed by atoms with Crippen LogP contribution >= 0.6 is 11.3 Å². The second-order valence-electron chi connectivity index (χ2n) is 8.95. The van der Waals surface area contributed by atoms with E-state index in [1.165, 1.54) is 31.1 Å². The summed E-state index contributed by atoms with van der Waals surface area (Å²) in [6.45, 7) is 0.853. The van der Waals surface area contributed by atoms with Crippen molar-refractivity contribution in [1.82, 2.24) is 9.97 Å². The molecule has 1 aliphatic carbocycles. The molecule has 7 nitrogen and oxygen atoms in total. The van der Waals surface area contributed by atoms with Crippen molar-refractivity contribution in [2.75, 3.05) is 36.1 Å². The molecule has 0 fully saturated rings. The number of benzene rings is 2. The molecule has 1 aliphatic heterocycles. The molecule has 36 heavy (non-hydrogen) atoms. The summed E-state index contributed by atoms with van der Waals surface area (Å²) in [5.74, 6) is -1.09. The summed E-state index contributed by atoms with van der Waals surface area (Å²) in [6, 6.07) is 1.80. The summed E-state index contributed by atoms with van der Waals surface area (Å²) in [4.78, 5) is 9.87. The molecule has 2 atom stereocenters. The van der Waals surface area contributed by atoms with Gasteiger partial charge in [-0.05, 0) is 29.7 Å². The molecule has 12 heteroatoms. The Morgan fingerprint density at radius 2 is 2.03 bits per heavy atom. The highest BCUT2D eigenvalue weighted by Crippen LogP contribution is 2.52. The molecule has 0 amide bonds. The van der Waals surface area contributed by atoms with Gasteiger partial charge in [0.2, 0.25) is 0 Å². The first kappa shape index (κ1) is 23.0. The quantitative estimate of drug-likeness (QED) is 0.300. The van der Waals surface area contributed by atoms with Crippen molar-refractivity contribution in [2.24, 2.45) is 0 Å². The molecule has 2 unspecified atom stereocenters. The first-order valence-corrected chi connectivity index (χ1v) is 12.1. The van der Waals surface area contributed by atoms with Crippen molar-refractivity contribution in [3.8, 4) is 17.1 Å². The van der Waals surface area contributed by atoms with Crippen LogP contribution in [0.4, 0.5) is 34.1 Å². The van der Waals surface area contributed by atoms with Crippen molar-refractivity contribution in [3.05, 3.63) is 34.9 Å². The first-order chi connectivity index (χ1) is 17.2. The maximum atomic E-state index is 16.4. The molecule has 4 aromatic rings. The minimum atomic E-state index is -2.74. The fourth-order valence-electron chi connectivity index (χ4n) is 5.38. The molecule has 0 saturated carbocycles. The number of aliphatic hydroxyl groups excluding tert-OH is 1. The van der Waals surface area contributed by atoms with Crippen molar-refractivity contribution < 1.29 is 27.4 Å². The van der Waals surface area contributed by atoms with E-state index in [0.717, 1.165) is 11.3 Å². The van der Waals surface area contributed by atoms with Gasteiger partial charge in [-0.3, -0.25) is 0 Å². The monoisotopic (exact) mass is 519 g/mol. The lowest BCUT2D eigenvalue weighted by atomic mass is 9.83. The maximum Gasteiger partial charge on any atom is 0.318 e. The number of alkyl halides is 2. The zero-order valence-corrected chi connectivity index (χ0v) is 20.0. The number of hydrogen-bond donors (Lipinski definition) is 3. The smallest absolute Gasteiger partial charge is 0.318 e. The summed E-state index contributed by atoms with van der Waals surface area (Å²) in [6.07, 6.45) is -3.56. The minimum absolute atomic E-state index is 0.0399. The Morgan fingerprint density at radius 1 is 1.25 bits per heavy atom. The first-order valence-electron chi connectivity index (χ1n) is 11.3. The van der Waals surface area contributed by atoms with Gasteiger partial charge in [-0.15, -0.1) is 11.3 Å². The van der Waals surface area contributed by atoms with E-state index in [9.17, 15) is 18.3 Å². The fourth-order valence-corrected chi connectivity index (χ4v) is 6.40. The van der Waals surface area contributed by atoms with Gasteiger partial charge in [0, 0.05) is 23.9 Å². The number of nitrogens with zero attached hydrogens (tertiary/aromatic N) is 3. The van der Waals surface area contributed by atoms with Gasteiger partial charge < -0.3 is 25.8 Å². The van der Waals surface area contributed by atoms with E-state index in [2.05, 4.69) is 15.3 Å². The number of hydrogen-bond acceptors (Lipinski definition) is 8. The van der Waals surface area contributed by atoms with E-state index in [1.807, 2.05) is 0 Å². The van der Waals surface area contributed by atoms with Crippen LogP contribution in [0.3, 0.4) is 0 Å². The summed E-state index contributed by atoms with van der Waals surface area (Å²) in [5, 5.41) is 14.9. The highest BCUT2D eigenvalue weighted by Gasteiger charge is 2.37. The lowest BCUT2D eigenvalue weighted by molar-refractivity contribution is 0.129. The maximum absolute atomic E-state index is 16.4. The zero-order chi connectivity index (χ0) is 25.5. The van der Waals surface area contributed by atoms with E-state index in [4.69, 9.17) is 10.5 Å². The number of nitrogens with two attached hydrogens (primary N) is 1. The number of aromatic nitrogens is 2. The Bertz CT molecular complexity index is 1560. The number of ether oxygens (including phenoxy) is 1. The van der Waals surface area contributed by atoms with Gasteiger partial charge in [0.1, 0.15) is 17.2 Å². The SMILES string of the molecule is COc1nc2c3c(c4c(c(F)c3n1)-c1ccc(F)c3sc(N)c(c13)C4)NCC(C(C)O)N2CC(F)F. The summed E-state index contributed by atoms with van der Waals surface area (Å²) in [5.41, 5.74) is 8.56. The Balaban J connectivity index is 1.74. The van der Waals surface area contributed by atoms with E-state index < -0.39 is 36.8 Å². The number of fused-ring (bicyclic) bond motifs is 3. The predicted molar refractivity (Wildman–Crippen MR) is 131 cm³/mol. The van der Waals surface area contributed by atoms with Crippen molar-refractivity contribution in [3.63, 3.8) is 0 Å². The number of anilines is 3. The van der Waals surface area contributed by atoms with Crippen LogP contribution in [-0.4, -0.2) is 53.8 Å². The molecule has 4 N–H and O–H groups in total. The van der Waals surface area contributed by atoms with E-state index in [-0.39, 0.29) is 41.3 Å². The van der Waals surface area contributed by atoms with Crippen LogP contribution in [0, 0.1) is 11.6 Å². The van der Waals surface area contributed by atoms with Gasteiger partial charge in [0.25, 0.3) is 6.43 Å². The number of rotatable bonds is 4. The van der Waals surface area contributed by atoms with Crippen molar-refractivity contribution >= 4 is 48.8 Å². The van der Waals surface area contributed by atoms with Crippen molar-refractivity contribution in [1.29, 1.82) is 0 Å². The Hall–Kier alpha value is -3.38. The average molecular weight is 520 g/mol. The molecule has 3 heterocycles. The molecular weight excluding hydrogens is 498 g/mol. The van der Waals surface area contributed by atoms with Gasteiger partial charge in [-0.25, -0.2) is 17.6 Å². The van der Waals surface area contributed by atoms with E-state index in [0.29, 0.717) is 37.5 Å². The Labute approximate surface area is 206 Å². The van der Waals surface area contributed by atoms with Crippen LogP contribution < -0.4 is 20.7 Å².